The summed E-state index contributed by atoms with van der Waals surface area (Å²) in [5.74, 6) is -0.0251. The van der Waals surface area contributed by atoms with Gasteiger partial charge in [0.05, 0.1) is 17.6 Å². The number of nitrogens with two attached hydrogens (primary N) is 1. The average Bonchev–Trinajstić information content (AvgIpc) is 2.47. The fourth-order valence-electron chi connectivity index (χ4n) is 2.03. The van der Waals surface area contributed by atoms with Crippen LogP contribution in [0.15, 0.2) is 42.7 Å². The summed E-state index contributed by atoms with van der Waals surface area (Å²) in [6.45, 7) is 0. The average molecular weight is 284 g/mol. The Morgan fingerprint density at radius 2 is 1.95 bits per heavy atom. The number of carbonyl (C=O) groups is 1. The Balaban J connectivity index is 1.94. The van der Waals surface area contributed by atoms with E-state index in [0.717, 1.165) is 22.6 Å². The molecular weight excluding hydrogens is 264 g/mol. The molecule has 0 aliphatic carbocycles. The highest BCUT2D eigenvalue weighted by atomic mass is 16.1. The molecule has 1 heterocycles. The van der Waals surface area contributed by atoms with Crippen molar-refractivity contribution in [2.75, 3.05) is 30.0 Å². The number of benzene rings is 1. The predicted octanol–water partition coefficient (Wildman–Crippen LogP) is 2.30. The molecule has 2 aromatic rings. The third-order valence-electron chi connectivity index (χ3n) is 3.17. The second kappa shape index (κ2) is 6.74. The first-order valence-electron chi connectivity index (χ1n) is 6.82. The van der Waals surface area contributed by atoms with Crippen LogP contribution in [0.25, 0.3) is 0 Å². The molecule has 0 spiro atoms. The molecule has 0 saturated carbocycles. The Morgan fingerprint density at radius 3 is 2.62 bits per heavy atom. The number of aryl methyl sites for hydroxylation is 1. The number of hydrogen-bond acceptors (Lipinski definition) is 4. The molecule has 5 nitrogen and oxygen atoms in total. The Hall–Kier alpha value is -2.56. The van der Waals surface area contributed by atoms with Crippen LogP contribution < -0.4 is 16.0 Å². The standard InChI is InChI=1S/C16H20N4O/c1-20(2)15-9-10-18-11-14(15)19-16(21)8-5-12-3-6-13(17)7-4-12/h3-4,6-7,9-11H,5,8,17H2,1-2H3,(H,19,21). The van der Waals surface area contributed by atoms with Gasteiger partial charge in [0, 0.05) is 32.4 Å². The zero-order chi connectivity index (χ0) is 15.2. The molecule has 0 atom stereocenters. The van der Waals surface area contributed by atoms with E-state index in [1.54, 1.807) is 12.4 Å². The van der Waals surface area contributed by atoms with Gasteiger partial charge in [-0.2, -0.15) is 0 Å². The van der Waals surface area contributed by atoms with Gasteiger partial charge in [-0.1, -0.05) is 12.1 Å². The predicted molar refractivity (Wildman–Crippen MR) is 86.4 cm³/mol. The number of nitrogen functional groups attached to an aromatic ring is 1. The molecule has 0 aliphatic rings. The number of pyridine rings is 1. The lowest BCUT2D eigenvalue weighted by atomic mass is 10.1. The lowest BCUT2D eigenvalue weighted by Gasteiger charge is -2.17. The smallest absolute Gasteiger partial charge is 0.224 e. The Morgan fingerprint density at radius 1 is 1.24 bits per heavy atom. The monoisotopic (exact) mass is 284 g/mol. The summed E-state index contributed by atoms with van der Waals surface area (Å²) in [7, 11) is 3.86. The van der Waals surface area contributed by atoms with Gasteiger partial charge in [0.15, 0.2) is 0 Å². The molecular formula is C16H20N4O. The van der Waals surface area contributed by atoms with Crippen LogP contribution in [0.3, 0.4) is 0 Å². The number of rotatable bonds is 5. The van der Waals surface area contributed by atoms with Crippen molar-refractivity contribution in [3.05, 3.63) is 48.3 Å². The van der Waals surface area contributed by atoms with Gasteiger partial charge in [0.1, 0.15) is 0 Å². The van der Waals surface area contributed by atoms with Gasteiger partial charge in [-0.05, 0) is 30.2 Å². The second-order valence-electron chi connectivity index (χ2n) is 5.08. The van der Waals surface area contributed by atoms with Gasteiger partial charge in [-0.15, -0.1) is 0 Å². The summed E-state index contributed by atoms with van der Waals surface area (Å²) in [5, 5.41) is 2.91. The summed E-state index contributed by atoms with van der Waals surface area (Å²) in [5.41, 5.74) is 9.13. The molecule has 0 saturated heterocycles. The fourth-order valence-corrected chi connectivity index (χ4v) is 2.03. The SMILES string of the molecule is CN(C)c1ccncc1NC(=O)CCc1ccc(N)cc1. The van der Waals surface area contributed by atoms with E-state index in [0.29, 0.717) is 12.8 Å². The number of anilines is 3. The molecule has 1 aromatic heterocycles. The maximum atomic E-state index is 12.0. The van der Waals surface area contributed by atoms with E-state index in [-0.39, 0.29) is 5.91 Å². The lowest BCUT2D eigenvalue weighted by molar-refractivity contribution is -0.116. The van der Waals surface area contributed by atoms with Crippen LogP contribution in [0, 0.1) is 0 Å². The topological polar surface area (TPSA) is 71.2 Å². The molecule has 1 amide bonds. The maximum Gasteiger partial charge on any atom is 0.224 e. The molecule has 5 heteroatoms. The minimum Gasteiger partial charge on any atom is -0.399 e. The van der Waals surface area contributed by atoms with Crippen molar-refractivity contribution < 1.29 is 4.79 Å². The van der Waals surface area contributed by atoms with Crippen molar-refractivity contribution in [3.8, 4) is 0 Å². The molecule has 0 bridgehead atoms. The third-order valence-corrected chi connectivity index (χ3v) is 3.17. The van der Waals surface area contributed by atoms with Crippen molar-refractivity contribution in [3.63, 3.8) is 0 Å². The number of carbonyl (C=O) groups excluding carboxylic acids is 1. The highest BCUT2D eigenvalue weighted by molar-refractivity contribution is 5.94. The number of aromatic nitrogens is 1. The normalized spacial score (nSPS) is 10.2. The van der Waals surface area contributed by atoms with E-state index in [9.17, 15) is 4.79 Å². The van der Waals surface area contributed by atoms with Gasteiger partial charge >= 0.3 is 0 Å². The molecule has 21 heavy (non-hydrogen) atoms. The van der Waals surface area contributed by atoms with Gasteiger partial charge in [-0.3, -0.25) is 9.78 Å². The Kier molecular flexibility index (Phi) is 4.77. The largest absolute Gasteiger partial charge is 0.399 e. The van der Waals surface area contributed by atoms with Crippen molar-refractivity contribution >= 4 is 23.0 Å². The molecule has 0 aliphatic heterocycles. The fraction of sp³-hybridized carbons (Fsp3) is 0.250. The first-order valence-corrected chi connectivity index (χ1v) is 6.82. The van der Waals surface area contributed by atoms with Gasteiger partial charge in [0.2, 0.25) is 5.91 Å². The minimum atomic E-state index is -0.0251. The van der Waals surface area contributed by atoms with E-state index < -0.39 is 0 Å². The Labute approximate surface area is 124 Å². The van der Waals surface area contributed by atoms with Crippen molar-refractivity contribution in [2.45, 2.75) is 12.8 Å². The van der Waals surface area contributed by atoms with E-state index >= 15 is 0 Å². The summed E-state index contributed by atoms with van der Waals surface area (Å²) in [6, 6.07) is 9.45. The van der Waals surface area contributed by atoms with Crippen molar-refractivity contribution in [1.82, 2.24) is 4.98 Å². The first kappa shape index (κ1) is 14.8. The number of nitrogens with zero attached hydrogens (tertiary/aromatic N) is 2. The minimum absolute atomic E-state index is 0.0251. The molecule has 2 rings (SSSR count). The maximum absolute atomic E-state index is 12.0. The second-order valence-corrected chi connectivity index (χ2v) is 5.08. The third kappa shape index (κ3) is 4.21. The van der Waals surface area contributed by atoms with Crippen molar-refractivity contribution in [2.24, 2.45) is 0 Å². The molecule has 110 valence electrons. The van der Waals surface area contributed by atoms with E-state index in [1.165, 1.54) is 0 Å². The van der Waals surface area contributed by atoms with Crippen molar-refractivity contribution in [1.29, 1.82) is 0 Å². The highest BCUT2D eigenvalue weighted by Crippen LogP contribution is 2.22. The zero-order valence-electron chi connectivity index (χ0n) is 12.3. The van der Waals surface area contributed by atoms with Gasteiger partial charge < -0.3 is 16.0 Å². The van der Waals surface area contributed by atoms with Crippen LogP contribution in [-0.2, 0) is 11.2 Å². The molecule has 0 unspecified atom stereocenters. The number of nitrogens with one attached hydrogen (secondary N) is 1. The lowest BCUT2D eigenvalue weighted by Crippen LogP contribution is -2.17. The summed E-state index contributed by atoms with van der Waals surface area (Å²) < 4.78 is 0. The molecule has 0 radical (unpaired) electrons. The summed E-state index contributed by atoms with van der Waals surface area (Å²) in [4.78, 5) is 18.0. The van der Waals surface area contributed by atoms with E-state index in [1.807, 2.05) is 49.3 Å². The van der Waals surface area contributed by atoms with Crippen LogP contribution >= 0.6 is 0 Å². The zero-order valence-corrected chi connectivity index (χ0v) is 12.3. The first-order chi connectivity index (χ1) is 10.1. The van der Waals surface area contributed by atoms with Crippen LogP contribution in [0.2, 0.25) is 0 Å². The molecule has 0 fully saturated rings. The molecule has 3 N–H and O–H groups in total. The summed E-state index contributed by atoms with van der Waals surface area (Å²) in [6.07, 6.45) is 4.48. The number of hydrogen-bond donors (Lipinski definition) is 2. The van der Waals surface area contributed by atoms with E-state index in [4.69, 9.17) is 5.73 Å². The summed E-state index contributed by atoms with van der Waals surface area (Å²) >= 11 is 0. The van der Waals surface area contributed by atoms with Gasteiger partial charge in [0.25, 0.3) is 0 Å². The Bertz CT molecular complexity index is 608. The number of amides is 1. The van der Waals surface area contributed by atoms with E-state index in [2.05, 4.69) is 10.3 Å². The van der Waals surface area contributed by atoms with Gasteiger partial charge in [-0.25, -0.2) is 0 Å². The van der Waals surface area contributed by atoms with Crippen LogP contribution in [0.4, 0.5) is 17.1 Å². The van der Waals surface area contributed by atoms with Crippen LogP contribution in [-0.4, -0.2) is 25.0 Å². The molecule has 1 aromatic carbocycles. The highest BCUT2D eigenvalue weighted by Gasteiger charge is 2.08. The van der Waals surface area contributed by atoms with Crippen LogP contribution in [0.5, 0.6) is 0 Å². The quantitative estimate of drug-likeness (QED) is 0.826. The van der Waals surface area contributed by atoms with Crippen LogP contribution in [0.1, 0.15) is 12.0 Å².